The molecule has 0 saturated carbocycles. The van der Waals surface area contributed by atoms with Gasteiger partial charge in [0.2, 0.25) is 0 Å². The van der Waals surface area contributed by atoms with E-state index in [1.54, 1.807) is 0 Å². The zero-order valence-electron chi connectivity index (χ0n) is 4.86. The summed E-state index contributed by atoms with van der Waals surface area (Å²) >= 11 is 4.25. The van der Waals surface area contributed by atoms with Gasteiger partial charge >= 0.3 is 30.0 Å². The van der Waals surface area contributed by atoms with Crippen LogP contribution in [0.4, 0.5) is 0 Å². The summed E-state index contributed by atoms with van der Waals surface area (Å²) in [5.74, 6) is 0. The molecule has 0 rings (SSSR count). The van der Waals surface area contributed by atoms with Crippen molar-refractivity contribution < 1.29 is 16.3 Å². The number of unbranched alkanes of at least 4 members (excludes halogenated alkanes) is 2. The van der Waals surface area contributed by atoms with Crippen molar-refractivity contribution in [3.63, 3.8) is 0 Å². The molecule has 0 atom stereocenters. The third kappa shape index (κ3) is 16.0. The van der Waals surface area contributed by atoms with E-state index in [4.69, 9.17) is 5.26 Å². The van der Waals surface area contributed by atoms with Gasteiger partial charge in [-0.3, -0.25) is 0 Å². The molecule has 0 aliphatic carbocycles. The Morgan fingerprint density at radius 2 is 2.12 bits per heavy atom. The van der Waals surface area contributed by atoms with Crippen LogP contribution in [0.15, 0.2) is 0 Å². The molecule has 0 aromatic heterocycles. The van der Waals surface area contributed by atoms with Crippen LogP contribution in [0.1, 0.15) is 19.3 Å². The fourth-order valence-corrected chi connectivity index (χ4v) is 0.204. The van der Waals surface area contributed by atoms with E-state index in [9.17, 15) is 0 Å². The third-order valence-corrected chi connectivity index (χ3v) is 0.539. The standard InChI is InChI=1S/C5H8N.BrH.Zn/c1-2-3-4-5-6;;/h1-4H2;1H;/q-1;;+2/p-1. The molecule has 0 saturated heterocycles. The molecular formula is C5H8BrNZn. The molecule has 42 valence electrons. The maximum atomic E-state index is 7.92. The van der Waals surface area contributed by atoms with Crippen LogP contribution in [0, 0.1) is 18.3 Å². The molecule has 0 amide bonds. The van der Waals surface area contributed by atoms with Crippen molar-refractivity contribution in [3.05, 3.63) is 6.92 Å². The van der Waals surface area contributed by atoms with Crippen LogP contribution in [0.5, 0.6) is 0 Å². The molecule has 0 spiro atoms. The molecule has 0 heterocycles. The minimum absolute atomic E-state index is 0.656. The van der Waals surface area contributed by atoms with Crippen molar-refractivity contribution >= 4 is 13.6 Å². The van der Waals surface area contributed by atoms with Gasteiger partial charge in [-0.1, -0.05) is 6.42 Å². The first kappa shape index (κ1) is 11.4. The fourth-order valence-electron chi connectivity index (χ4n) is 0.204. The van der Waals surface area contributed by atoms with Crippen LogP contribution in [0.3, 0.4) is 0 Å². The average molecular weight is 227 g/mol. The van der Waals surface area contributed by atoms with Crippen LogP contribution < -0.4 is 0 Å². The molecule has 3 heteroatoms. The van der Waals surface area contributed by atoms with Crippen molar-refractivity contribution in [3.8, 4) is 6.07 Å². The molecule has 0 aliphatic rings. The Morgan fingerprint density at radius 1 is 1.62 bits per heavy atom. The van der Waals surface area contributed by atoms with Crippen molar-refractivity contribution in [2.24, 2.45) is 0 Å². The minimum atomic E-state index is 0.656. The summed E-state index contributed by atoms with van der Waals surface area (Å²) in [5, 5.41) is 7.92. The second-order valence-corrected chi connectivity index (χ2v) is 1.12. The van der Waals surface area contributed by atoms with Gasteiger partial charge in [0, 0.05) is 6.42 Å². The van der Waals surface area contributed by atoms with Gasteiger partial charge in [0.25, 0.3) is 0 Å². The SMILES string of the molecule is [CH2-]CCCC#N.[Zn+][Br]. The first-order chi connectivity index (χ1) is 3.91. The van der Waals surface area contributed by atoms with E-state index in [1.807, 2.05) is 6.07 Å². The van der Waals surface area contributed by atoms with Gasteiger partial charge in [-0.25, -0.2) is 0 Å². The van der Waals surface area contributed by atoms with Gasteiger partial charge in [-0.15, -0.1) is 0 Å². The van der Waals surface area contributed by atoms with Crippen molar-refractivity contribution in [1.29, 1.82) is 5.26 Å². The summed E-state index contributed by atoms with van der Waals surface area (Å²) in [6.45, 7) is 3.57. The second kappa shape index (κ2) is 15.6. The molecule has 0 bridgehead atoms. The Hall–Kier alpha value is 0.593. The van der Waals surface area contributed by atoms with Gasteiger partial charge in [0.1, 0.15) is 0 Å². The Kier molecular flexibility index (Phi) is 22.3. The molecule has 1 nitrogen and oxygen atoms in total. The number of hydrogen-bond donors (Lipinski definition) is 0. The molecule has 0 aliphatic heterocycles. The fraction of sp³-hybridized carbons (Fsp3) is 0.600. The Labute approximate surface area is 67.5 Å². The first-order valence-corrected chi connectivity index (χ1v) is 9.29. The Morgan fingerprint density at radius 3 is 2.25 bits per heavy atom. The summed E-state index contributed by atoms with van der Waals surface area (Å²) in [6.07, 6.45) is 2.48. The quantitative estimate of drug-likeness (QED) is 0.404. The predicted octanol–water partition coefficient (Wildman–Crippen LogP) is 2.36. The zero-order valence-corrected chi connectivity index (χ0v) is 9.41. The number of hydrogen-bond acceptors (Lipinski definition) is 1. The van der Waals surface area contributed by atoms with Crippen LogP contribution in [-0.2, 0) is 16.3 Å². The number of nitriles is 1. The third-order valence-electron chi connectivity index (χ3n) is 0.539. The summed E-state index contributed by atoms with van der Waals surface area (Å²) in [4.78, 5) is 0. The molecule has 0 fully saturated rings. The Bertz CT molecular complexity index is 59.9. The van der Waals surface area contributed by atoms with Gasteiger partial charge in [0.15, 0.2) is 0 Å². The van der Waals surface area contributed by atoms with Gasteiger partial charge in [-0.05, 0) is 0 Å². The van der Waals surface area contributed by atoms with Gasteiger partial charge < -0.3 is 6.92 Å². The van der Waals surface area contributed by atoms with Crippen LogP contribution in [-0.4, -0.2) is 0 Å². The predicted molar refractivity (Wildman–Crippen MR) is 33.7 cm³/mol. The molecule has 0 unspecified atom stereocenters. The summed E-state index contributed by atoms with van der Waals surface area (Å²) < 4.78 is 0. The zero-order chi connectivity index (χ0) is 6.83. The van der Waals surface area contributed by atoms with Crippen molar-refractivity contribution in [2.75, 3.05) is 0 Å². The normalized spacial score (nSPS) is 6.38. The van der Waals surface area contributed by atoms with E-state index in [2.05, 4.69) is 20.5 Å². The second-order valence-electron chi connectivity index (χ2n) is 1.12. The van der Waals surface area contributed by atoms with Crippen LogP contribution in [0.2, 0.25) is 0 Å². The monoisotopic (exact) mass is 225 g/mol. The van der Waals surface area contributed by atoms with E-state index < -0.39 is 0 Å². The first-order valence-electron chi connectivity index (χ1n) is 2.34. The van der Waals surface area contributed by atoms with E-state index in [0.717, 1.165) is 12.8 Å². The maximum absolute atomic E-state index is 7.92. The number of nitrogens with zero attached hydrogens (tertiary/aromatic N) is 1. The molecule has 0 N–H and O–H groups in total. The topological polar surface area (TPSA) is 23.8 Å². The molecular weight excluding hydrogens is 219 g/mol. The number of halogens is 1. The molecule has 0 aromatic rings. The number of rotatable bonds is 2. The van der Waals surface area contributed by atoms with Gasteiger partial charge in [0.05, 0.1) is 6.07 Å². The van der Waals surface area contributed by atoms with E-state index in [0.29, 0.717) is 6.42 Å². The van der Waals surface area contributed by atoms with Crippen LogP contribution in [0.25, 0.3) is 0 Å². The summed E-state index contributed by atoms with van der Waals surface area (Å²) in [6, 6.07) is 2.03. The summed E-state index contributed by atoms with van der Waals surface area (Å²) in [7, 11) is 0. The average Bonchev–Trinajstić information content (AvgIpc) is 1.88. The molecule has 0 aromatic carbocycles. The van der Waals surface area contributed by atoms with E-state index in [1.165, 1.54) is 16.3 Å². The Balaban J connectivity index is 0. The van der Waals surface area contributed by atoms with Crippen molar-refractivity contribution in [1.82, 2.24) is 0 Å². The van der Waals surface area contributed by atoms with Crippen LogP contribution >= 0.6 is 13.6 Å². The van der Waals surface area contributed by atoms with Crippen molar-refractivity contribution in [2.45, 2.75) is 19.3 Å². The van der Waals surface area contributed by atoms with E-state index >= 15 is 0 Å². The molecule has 8 heavy (non-hydrogen) atoms. The summed E-state index contributed by atoms with van der Waals surface area (Å²) in [5.41, 5.74) is 0. The van der Waals surface area contributed by atoms with E-state index in [-0.39, 0.29) is 0 Å². The van der Waals surface area contributed by atoms with Gasteiger partial charge in [-0.2, -0.15) is 11.7 Å². The molecule has 0 radical (unpaired) electrons.